The van der Waals surface area contributed by atoms with Crippen LogP contribution in [0.2, 0.25) is 0 Å². The minimum absolute atomic E-state index is 0.0286. The van der Waals surface area contributed by atoms with E-state index in [9.17, 15) is 23.5 Å². The number of amides is 2. The van der Waals surface area contributed by atoms with Crippen molar-refractivity contribution in [1.29, 1.82) is 0 Å². The number of carbonyl (C=O) groups excluding carboxylic acids is 2. The van der Waals surface area contributed by atoms with Gasteiger partial charge >= 0.3 is 0 Å². The van der Waals surface area contributed by atoms with E-state index >= 15 is 0 Å². The van der Waals surface area contributed by atoms with E-state index in [0.717, 1.165) is 31.7 Å². The number of aliphatic hydroxyl groups excluding tert-OH is 1. The predicted octanol–water partition coefficient (Wildman–Crippen LogP) is 2.35. The van der Waals surface area contributed by atoms with Gasteiger partial charge in [-0.2, -0.15) is 0 Å². The van der Waals surface area contributed by atoms with Crippen molar-refractivity contribution in [3.63, 3.8) is 0 Å². The molecule has 1 aromatic rings. The molecule has 1 heterocycles. The maximum Gasteiger partial charge on any atom is 0.240 e. The number of rotatable bonds is 9. The normalized spacial score (nSPS) is 20.7. The summed E-state index contributed by atoms with van der Waals surface area (Å²) in [6.45, 7) is 2.21. The largest absolute Gasteiger partial charge is 0.390 e. The van der Waals surface area contributed by atoms with Gasteiger partial charge in [-0.1, -0.05) is 25.7 Å². The summed E-state index contributed by atoms with van der Waals surface area (Å²) < 4.78 is 32.7. The molecule has 1 aliphatic heterocycles. The summed E-state index contributed by atoms with van der Waals surface area (Å²) in [7, 11) is 0. The third-order valence-corrected chi connectivity index (χ3v) is 6.85. The molecule has 2 aliphatic rings. The van der Waals surface area contributed by atoms with Crippen molar-refractivity contribution in [2.24, 2.45) is 0 Å². The summed E-state index contributed by atoms with van der Waals surface area (Å²) in [5, 5.41) is 20.1. The number of aliphatic hydroxyl groups is 1. The zero-order valence-electron chi connectivity index (χ0n) is 19.9. The van der Waals surface area contributed by atoms with Crippen LogP contribution in [0.25, 0.3) is 0 Å². The molecule has 34 heavy (non-hydrogen) atoms. The molecule has 2 amide bonds. The van der Waals surface area contributed by atoms with Gasteiger partial charge in [0.2, 0.25) is 11.8 Å². The monoisotopic (exact) mass is 481 g/mol. The van der Waals surface area contributed by atoms with E-state index in [4.69, 9.17) is 4.74 Å². The van der Waals surface area contributed by atoms with Gasteiger partial charge in [0.05, 0.1) is 12.1 Å². The smallest absolute Gasteiger partial charge is 0.240 e. The average Bonchev–Trinajstić information content (AvgIpc) is 3.05. The number of halogens is 2. The first-order valence-corrected chi connectivity index (χ1v) is 12.3. The van der Waals surface area contributed by atoms with Crippen molar-refractivity contribution in [2.45, 2.75) is 88.4 Å². The third-order valence-electron chi connectivity index (χ3n) is 6.85. The number of benzene rings is 1. The number of hydrogen-bond acceptors (Lipinski definition) is 5. The molecule has 9 heteroatoms. The Hall–Kier alpha value is -2.10. The van der Waals surface area contributed by atoms with Gasteiger partial charge < -0.3 is 25.8 Å². The molecule has 0 bridgehead atoms. The summed E-state index contributed by atoms with van der Waals surface area (Å²) in [6.07, 6.45) is 6.42. The lowest BCUT2D eigenvalue weighted by Crippen LogP contribution is -2.63. The lowest BCUT2D eigenvalue weighted by Gasteiger charge is -2.39. The van der Waals surface area contributed by atoms with Crippen LogP contribution in [0.3, 0.4) is 0 Å². The van der Waals surface area contributed by atoms with Crippen LogP contribution < -0.4 is 16.0 Å². The first-order chi connectivity index (χ1) is 16.3. The van der Waals surface area contributed by atoms with Crippen LogP contribution in [0.5, 0.6) is 0 Å². The van der Waals surface area contributed by atoms with Gasteiger partial charge in [0.15, 0.2) is 0 Å². The Kier molecular flexibility index (Phi) is 9.79. The van der Waals surface area contributed by atoms with Gasteiger partial charge in [0.1, 0.15) is 17.2 Å². The highest BCUT2D eigenvalue weighted by Crippen LogP contribution is 2.24. The highest BCUT2D eigenvalue weighted by molar-refractivity contribution is 5.86. The van der Waals surface area contributed by atoms with Crippen LogP contribution in [-0.4, -0.2) is 60.4 Å². The fraction of sp³-hybridized carbons (Fsp3) is 0.680. The Balaban J connectivity index is 1.67. The number of β-amino-alcohol motifs (C(OH)–C–C–N with tert-alkyl or cyclic N) is 1. The average molecular weight is 482 g/mol. The molecule has 190 valence electrons. The van der Waals surface area contributed by atoms with Gasteiger partial charge in [0.25, 0.3) is 0 Å². The van der Waals surface area contributed by atoms with Crippen LogP contribution in [0.4, 0.5) is 8.78 Å². The van der Waals surface area contributed by atoms with E-state index in [1.165, 1.54) is 31.9 Å². The second-order valence-electron chi connectivity index (χ2n) is 9.59. The maximum absolute atomic E-state index is 13.6. The van der Waals surface area contributed by atoms with Gasteiger partial charge in [-0.25, -0.2) is 8.78 Å². The first-order valence-electron chi connectivity index (χ1n) is 12.3. The van der Waals surface area contributed by atoms with Gasteiger partial charge in [-0.15, -0.1) is 0 Å². The molecule has 0 radical (unpaired) electrons. The van der Waals surface area contributed by atoms with Crippen LogP contribution >= 0.6 is 0 Å². The summed E-state index contributed by atoms with van der Waals surface area (Å²) in [6, 6.07) is 2.50. The first kappa shape index (κ1) is 26.5. The highest BCUT2D eigenvalue weighted by Gasteiger charge is 2.41. The van der Waals surface area contributed by atoms with E-state index in [1.54, 1.807) is 0 Å². The Morgan fingerprint density at radius 2 is 1.71 bits per heavy atom. The van der Waals surface area contributed by atoms with E-state index in [1.807, 2.05) is 0 Å². The van der Waals surface area contributed by atoms with E-state index < -0.39 is 29.3 Å². The van der Waals surface area contributed by atoms with Crippen LogP contribution in [0, 0.1) is 11.6 Å². The maximum atomic E-state index is 13.6. The second-order valence-corrected chi connectivity index (χ2v) is 9.59. The lowest BCUT2D eigenvalue weighted by atomic mass is 9.87. The van der Waals surface area contributed by atoms with Crippen molar-refractivity contribution in [3.05, 3.63) is 35.4 Å². The van der Waals surface area contributed by atoms with E-state index in [2.05, 4.69) is 16.0 Å². The quantitative estimate of drug-likeness (QED) is 0.406. The van der Waals surface area contributed by atoms with Crippen molar-refractivity contribution in [1.82, 2.24) is 16.0 Å². The molecule has 1 aromatic carbocycles. The number of hydrogen-bond donors (Lipinski definition) is 4. The summed E-state index contributed by atoms with van der Waals surface area (Å²) in [5.74, 6) is -1.90. The molecule has 0 spiro atoms. The fourth-order valence-corrected chi connectivity index (χ4v) is 4.92. The fourth-order valence-electron chi connectivity index (χ4n) is 4.92. The zero-order valence-corrected chi connectivity index (χ0v) is 19.9. The topological polar surface area (TPSA) is 99.7 Å². The number of carbonyl (C=O) groups is 2. The van der Waals surface area contributed by atoms with E-state index in [-0.39, 0.29) is 30.8 Å². The van der Waals surface area contributed by atoms with Gasteiger partial charge in [-0.3, -0.25) is 9.59 Å². The molecule has 3 rings (SSSR count). The van der Waals surface area contributed by atoms with Crippen molar-refractivity contribution < 1.29 is 28.2 Å². The molecular weight excluding hydrogens is 444 g/mol. The number of nitrogens with one attached hydrogen (secondary N) is 3. The molecule has 2 atom stereocenters. The molecule has 4 N–H and O–H groups in total. The summed E-state index contributed by atoms with van der Waals surface area (Å²) in [4.78, 5) is 25.1. The van der Waals surface area contributed by atoms with Gasteiger partial charge in [0, 0.05) is 38.8 Å². The minimum atomic E-state index is -1.08. The molecular formula is C25H37F2N3O4. The SMILES string of the molecule is CC(=O)NC(Cc1cc(F)cc(F)c1)C(O)CNC1(C(=O)NC2CCCCCC2)CCOCC1. The second kappa shape index (κ2) is 12.6. The molecule has 7 nitrogen and oxygen atoms in total. The summed E-state index contributed by atoms with van der Waals surface area (Å²) >= 11 is 0. The molecule has 2 unspecified atom stereocenters. The molecule has 1 aliphatic carbocycles. The highest BCUT2D eigenvalue weighted by atomic mass is 19.1. The van der Waals surface area contributed by atoms with Crippen molar-refractivity contribution >= 4 is 11.8 Å². The van der Waals surface area contributed by atoms with Crippen LogP contribution in [-0.2, 0) is 20.7 Å². The van der Waals surface area contributed by atoms with Crippen molar-refractivity contribution in [2.75, 3.05) is 19.8 Å². The molecule has 1 saturated heterocycles. The van der Waals surface area contributed by atoms with Crippen molar-refractivity contribution in [3.8, 4) is 0 Å². The van der Waals surface area contributed by atoms with Crippen LogP contribution in [0.15, 0.2) is 18.2 Å². The minimum Gasteiger partial charge on any atom is -0.390 e. The molecule has 1 saturated carbocycles. The Bertz CT molecular complexity index is 804. The van der Waals surface area contributed by atoms with Gasteiger partial charge in [-0.05, 0) is 49.8 Å². The molecule has 2 fully saturated rings. The zero-order chi connectivity index (χ0) is 24.6. The summed E-state index contributed by atoms with van der Waals surface area (Å²) in [5.41, 5.74) is -0.556. The van der Waals surface area contributed by atoms with E-state index in [0.29, 0.717) is 31.6 Å². The van der Waals surface area contributed by atoms with Crippen LogP contribution in [0.1, 0.15) is 63.9 Å². The Morgan fingerprint density at radius 1 is 1.09 bits per heavy atom. The molecule has 0 aromatic heterocycles. The standard InChI is InChI=1S/C25H37F2N3O4/c1-17(31)29-22(14-18-12-19(26)15-20(27)13-18)23(32)16-28-25(8-10-34-11-9-25)24(33)30-21-6-4-2-3-5-7-21/h12-13,15,21-23,28,32H,2-11,14,16H2,1H3,(H,29,31)(H,30,33). The lowest BCUT2D eigenvalue weighted by molar-refractivity contribution is -0.133. The predicted molar refractivity (Wildman–Crippen MR) is 124 cm³/mol. The Morgan fingerprint density at radius 3 is 2.29 bits per heavy atom. The Labute approximate surface area is 200 Å². The number of ether oxygens (including phenoxy) is 1. The third kappa shape index (κ3) is 7.71.